The van der Waals surface area contributed by atoms with Gasteiger partial charge >= 0.3 is 0 Å². The normalized spacial score (nSPS) is 8.17. The van der Waals surface area contributed by atoms with E-state index in [-0.39, 0.29) is 16.7 Å². The van der Waals surface area contributed by atoms with E-state index in [0.717, 1.165) is 0 Å². The Bertz CT molecular complexity index is 396. The molecular formula is C9H4N2O. The second-order valence-corrected chi connectivity index (χ2v) is 2.11. The zero-order valence-corrected chi connectivity index (χ0v) is 6.11. The Morgan fingerprint density at radius 2 is 2.00 bits per heavy atom. The smallest absolute Gasteiger partial charge is 0.151 e. The highest BCUT2D eigenvalue weighted by Crippen LogP contribution is 2.10. The van der Waals surface area contributed by atoms with Gasteiger partial charge in [0.25, 0.3) is 0 Å². The number of hydrogen-bond donors (Lipinski definition) is 0. The maximum absolute atomic E-state index is 10.4. The molecule has 0 aliphatic heterocycles. The van der Waals surface area contributed by atoms with Crippen molar-refractivity contribution in [2.24, 2.45) is 0 Å². The number of nitriles is 2. The molecule has 12 heavy (non-hydrogen) atoms. The summed E-state index contributed by atoms with van der Waals surface area (Å²) in [6.45, 7) is 0. The molecule has 1 aromatic rings. The molecule has 0 spiro atoms. The minimum Gasteiger partial charge on any atom is -0.298 e. The van der Waals surface area contributed by atoms with E-state index in [9.17, 15) is 4.79 Å². The van der Waals surface area contributed by atoms with Gasteiger partial charge in [0, 0.05) is 5.56 Å². The summed E-state index contributed by atoms with van der Waals surface area (Å²) in [5.74, 6) is 0. The molecule has 3 heteroatoms. The number of nitrogens with zero attached hydrogens (tertiary/aromatic N) is 2. The minimum absolute atomic E-state index is 0.148. The Morgan fingerprint density at radius 3 is 2.50 bits per heavy atom. The first-order chi connectivity index (χ1) is 5.83. The third-order valence-electron chi connectivity index (χ3n) is 1.46. The summed E-state index contributed by atoms with van der Waals surface area (Å²) in [5.41, 5.74) is 0.647. The Hall–Kier alpha value is -2.13. The van der Waals surface area contributed by atoms with Crippen LogP contribution in [0, 0.1) is 22.7 Å². The van der Waals surface area contributed by atoms with Gasteiger partial charge in [-0.25, -0.2) is 0 Å². The van der Waals surface area contributed by atoms with Crippen molar-refractivity contribution in [3.05, 3.63) is 34.9 Å². The number of rotatable bonds is 1. The Morgan fingerprint density at radius 1 is 1.25 bits per heavy atom. The summed E-state index contributed by atoms with van der Waals surface area (Å²) in [6, 6.07) is 8.24. The van der Waals surface area contributed by atoms with E-state index in [1.807, 2.05) is 12.1 Å². The van der Waals surface area contributed by atoms with E-state index in [4.69, 9.17) is 10.5 Å². The molecule has 0 saturated carbocycles. The van der Waals surface area contributed by atoms with E-state index >= 15 is 0 Å². The van der Waals surface area contributed by atoms with Crippen LogP contribution in [0.15, 0.2) is 18.2 Å². The molecule has 0 aliphatic rings. The van der Waals surface area contributed by atoms with Gasteiger partial charge in [0.1, 0.15) is 12.1 Å². The quantitative estimate of drug-likeness (QED) is 0.574. The zero-order chi connectivity index (χ0) is 8.97. The van der Waals surface area contributed by atoms with E-state index in [1.54, 1.807) is 6.07 Å². The van der Waals surface area contributed by atoms with Gasteiger partial charge < -0.3 is 0 Å². The fourth-order valence-electron chi connectivity index (χ4n) is 0.886. The van der Waals surface area contributed by atoms with Gasteiger partial charge in [0.05, 0.1) is 11.1 Å². The van der Waals surface area contributed by atoms with Crippen molar-refractivity contribution in [2.45, 2.75) is 0 Å². The van der Waals surface area contributed by atoms with Crippen molar-refractivity contribution in [3.8, 4) is 12.1 Å². The first-order valence-corrected chi connectivity index (χ1v) is 3.22. The maximum atomic E-state index is 10.4. The average Bonchev–Trinajstić information content (AvgIpc) is 2.16. The average molecular weight is 156 g/mol. The molecular weight excluding hydrogens is 152 g/mol. The van der Waals surface area contributed by atoms with E-state index < -0.39 is 0 Å². The van der Waals surface area contributed by atoms with Gasteiger partial charge in [-0.2, -0.15) is 10.5 Å². The molecule has 0 amide bonds. The van der Waals surface area contributed by atoms with Crippen molar-refractivity contribution in [1.82, 2.24) is 0 Å². The second kappa shape index (κ2) is 3.32. The van der Waals surface area contributed by atoms with Crippen LogP contribution < -0.4 is 0 Å². The molecule has 3 nitrogen and oxygen atoms in total. The lowest BCUT2D eigenvalue weighted by Crippen LogP contribution is -1.90. The van der Waals surface area contributed by atoms with Crippen LogP contribution in [0.4, 0.5) is 0 Å². The molecule has 0 radical (unpaired) electrons. The molecule has 1 rings (SSSR count). The molecule has 0 unspecified atom stereocenters. The fraction of sp³-hybridized carbons (Fsp3) is 0. The molecule has 0 atom stereocenters. The monoisotopic (exact) mass is 156 g/mol. The first-order valence-electron chi connectivity index (χ1n) is 3.22. The molecule has 0 aliphatic carbocycles. The highest BCUT2D eigenvalue weighted by atomic mass is 16.1. The second-order valence-electron chi connectivity index (χ2n) is 2.11. The molecule has 56 valence electrons. The van der Waals surface area contributed by atoms with Crippen LogP contribution in [0.25, 0.3) is 0 Å². The van der Waals surface area contributed by atoms with Gasteiger partial charge in [-0.15, -0.1) is 0 Å². The lowest BCUT2D eigenvalue weighted by atomic mass is 10.0. The molecule has 0 fully saturated rings. The molecule has 0 N–H and O–H groups in total. The van der Waals surface area contributed by atoms with Crippen LogP contribution in [-0.4, -0.2) is 6.29 Å². The van der Waals surface area contributed by atoms with Gasteiger partial charge in [-0.1, -0.05) is 12.1 Å². The third kappa shape index (κ3) is 1.16. The highest BCUT2D eigenvalue weighted by Gasteiger charge is 2.05. The lowest BCUT2D eigenvalue weighted by molar-refractivity contribution is 0.112. The molecule has 0 saturated heterocycles. The van der Waals surface area contributed by atoms with Crippen LogP contribution in [0.2, 0.25) is 0 Å². The first kappa shape index (κ1) is 7.97. The van der Waals surface area contributed by atoms with E-state index in [2.05, 4.69) is 0 Å². The van der Waals surface area contributed by atoms with Crippen LogP contribution in [0.1, 0.15) is 21.5 Å². The summed E-state index contributed by atoms with van der Waals surface area (Å²) in [4.78, 5) is 10.4. The highest BCUT2D eigenvalue weighted by molar-refractivity contribution is 5.80. The Balaban J connectivity index is 3.47. The number of benzene rings is 1. The van der Waals surface area contributed by atoms with Crippen LogP contribution in [0.5, 0.6) is 0 Å². The minimum atomic E-state index is 0.148. The van der Waals surface area contributed by atoms with Crippen molar-refractivity contribution < 1.29 is 4.79 Å². The van der Waals surface area contributed by atoms with Crippen LogP contribution in [-0.2, 0) is 0 Å². The molecule has 1 aromatic carbocycles. The number of carbonyl (C=O) groups is 1. The van der Waals surface area contributed by atoms with Crippen molar-refractivity contribution in [2.75, 3.05) is 0 Å². The van der Waals surface area contributed by atoms with Crippen molar-refractivity contribution in [3.63, 3.8) is 0 Å². The SMILES string of the molecule is N#Cc1cccc(C=O)c1C#N. The van der Waals surface area contributed by atoms with Crippen LogP contribution >= 0.6 is 0 Å². The predicted molar refractivity (Wildman–Crippen MR) is 41.3 cm³/mol. The topological polar surface area (TPSA) is 64.7 Å². The third-order valence-corrected chi connectivity index (χ3v) is 1.46. The Kier molecular flexibility index (Phi) is 2.20. The predicted octanol–water partition coefficient (Wildman–Crippen LogP) is 1.24. The Labute approximate surface area is 69.5 Å². The molecule has 0 bridgehead atoms. The van der Waals surface area contributed by atoms with Gasteiger partial charge in [-0.3, -0.25) is 4.79 Å². The summed E-state index contributed by atoms with van der Waals surface area (Å²) in [7, 11) is 0. The van der Waals surface area contributed by atoms with Gasteiger partial charge in [-0.05, 0) is 6.07 Å². The lowest BCUT2D eigenvalue weighted by Gasteiger charge is -1.95. The largest absolute Gasteiger partial charge is 0.298 e. The van der Waals surface area contributed by atoms with E-state index in [0.29, 0.717) is 6.29 Å². The van der Waals surface area contributed by atoms with Gasteiger partial charge in [0.15, 0.2) is 6.29 Å². The van der Waals surface area contributed by atoms with E-state index in [1.165, 1.54) is 12.1 Å². The van der Waals surface area contributed by atoms with Crippen LogP contribution in [0.3, 0.4) is 0 Å². The zero-order valence-electron chi connectivity index (χ0n) is 6.11. The summed E-state index contributed by atoms with van der Waals surface area (Å²) in [5, 5.41) is 17.2. The summed E-state index contributed by atoms with van der Waals surface area (Å²) in [6.07, 6.45) is 0.569. The number of aldehydes is 1. The molecule has 0 heterocycles. The fourth-order valence-corrected chi connectivity index (χ4v) is 0.886. The molecule has 0 aromatic heterocycles. The van der Waals surface area contributed by atoms with Gasteiger partial charge in [0.2, 0.25) is 0 Å². The maximum Gasteiger partial charge on any atom is 0.151 e. The standard InChI is InChI=1S/C9H4N2O/c10-4-7-2-1-3-8(6-12)9(7)5-11/h1-3,6H. The number of carbonyl (C=O) groups excluding carboxylic acids is 1. The van der Waals surface area contributed by atoms with Crippen molar-refractivity contribution in [1.29, 1.82) is 10.5 Å². The van der Waals surface area contributed by atoms with Crippen molar-refractivity contribution >= 4 is 6.29 Å². The number of hydrogen-bond acceptors (Lipinski definition) is 3. The summed E-state index contributed by atoms with van der Waals surface area (Å²) < 4.78 is 0. The summed E-state index contributed by atoms with van der Waals surface area (Å²) >= 11 is 0.